The molecule has 0 bridgehead atoms. The lowest BCUT2D eigenvalue weighted by atomic mass is 10.00. The molecule has 5 nitrogen and oxygen atoms in total. The highest BCUT2D eigenvalue weighted by Crippen LogP contribution is 2.27. The summed E-state index contributed by atoms with van der Waals surface area (Å²) in [5.41, 5.74) is 2.29. The van der Waals surface area contributed by atoms with E-state index in [9.17, 15) is 14.4 Å². The zero-order chi connectivity index (χ0) is 22.9. The first-order chi connectivity index (χ1) is 15.5. The molecule has 0 saturated carbocycles. The summed E-state index contributed by atoms with van der Waals surface area (Å²) in [6, 6.07) is 25.4. The van der Waals surface area contributed by atoms with Crippen molar-refractivity contribution in [1.29, 1.82) is 0 Å². The number of amides is 1. The minimum Gasteiger partial charge on any atom is -0.469 e. The summed E-state index contributed by atoms with van der Waals surface area (Å²) in [6.07, 6.45) is 0.160. The van der Waals surface area contributed by atoms with Crippen molar-refractivity contribution in [3.8, 4) is 0 Å². The molecule has 6 heteroatoms. The number of anilines is 1. The van der Waals surface area contributed by atoms with Crippen molar-refractivity contribution in [3.63, 3.8) is 0 Å². The van der Waals surface area contributed by atoms with Gasteiger partial charge >= 0.3 is 5.97 Å². The fourth-order valence-electron chi connectivity index (χ4n) is 3.33. The van der Waals surface area contributed by atoms with E-state index >= 15 is 0 Å². The zero-order valence-corrected chi connectivity index (χ0v) is 18.5. The molecule has 0 N–H and O–H groups in total. The summed E-state index contributed by atoms with van der Waals surface area (Å²) in [7, 11) is 1.29. The molecule has 1 unspecified atom stereocenters. The summed E-state index contributed by atoms with van der Waals surface area (Å²) < 4.78 is 4.65. The first-order valence-corrected chi connectivity index (χ1v) is 10.7. The van der Waals surface area contributed by atoms with E-state index in [2.05, 4.69) is 4.74 Å². The second-order valence-corrected chi connectivity index (χ2v) is 7.73. The number of benzene rings is 3. The minimum absolute atomic E-state index is 0.0280. The maximum Gasteiger partial charge on any atom is 0.305 e. The van der Waals surface area contributed by atoms with Gasteiger partial charge in [-0.05, 0) is 24.1 Å². The number of alkyl halides is 1. The van der Waals surface area contributed by atoms with E-state index < -0.39 is 11.3 Å². The molecule has 3 rings (SSSR count). The van der Waals surface area contributed by atoms with Crippen molar-refractivity contribution >= 4 is 34.9 Å². The second-order valence-electron chi connectivity index (χ2n) is 7.20. The van der Waals surface area contributed by atoms with Crippen LogP contribution in [0.2, 0.25) is 0 Å². The number of halogens is 1. The first kappa shape index (κ1) is 23.2. The van der Waals surface area contributed by atoms with Gasteiger partial charge < -0.3 is 9.64 Å². The molecule has 0 radical (unpaired) electrons. The Morgan fingerprint density at radius 1 is 0.875 bits per heavy atom. The number of methoxy groups -OCH3 is 1. The molecule has 0 aliphatic rings. The third kappa shape index (κ3) is 5.83. The van der Waals surface area contributed by atoms with Crippen molar-refractivity contribution in [1.82, 2.24) is 0 Å². The Morgan fingerprint density at radius 2 is 1.47 bits per heavy atom. The molecular weight excluding hydrogens is 426 g/mol. The molecule has 1 amide bonds. The summed E-state index contributed by atoms with van der Waals surface area (Å²) in [5.74, 6) is -1.00. The molecule has 32 heavy (non-hydrogen) atoms. The summed E-state index contributed by atoms with van der Waals surface area (Å²) in [6.45, 7) is 0.236. The van der Waals surface area contributed by atoms with E-state index in [0.29, 0.717) is 16.8 Å². The van der Waals surface area contributed by atoms with Crippen LogP contribution in [0.5, 0.6) is 0 Å². The lowest BCUT2D eigenvalue weighted by Gasteiger charge is -2.27. The normalized spacial score (nSPS) is 11.4. The van der Waals surface area contributed by atoms with E-state index in [1.807, 2.05) is 36.4 Å². The zero-order valence-electron chi connectivity index (χ0n) is 17.7. The predicted molar refractivity (Wildman–Crippen MR) is 125 cm³/mol. The van der Waals surface area contributed by atoms with Crippen molar-refractivity contribution in [2.75, 3.05) is 12.0 Å². The van der Waals surface area contributed by atoms with Crippen LogP contribution in [0.1, 0.15) is 34.3 Å². The number of rotatable bonds is 9. The van der Waals surface area contributed by atoms with Crippen LogP contribution in [0.4, 0.5) is 5.69 Å². The summed E-state index contributed by atoms with van der Waals surface area (Å²) in [4.78, 5) is 39.7. The molecule has 0 saturated heterocycles. The Bertz CT molecular complexity index is 1070. The Kier molecular flexibility index (Phi) is 8.17. The second kappa shape index (κ2) is 11.3. The molecule has 0 aromatic heterocycles. The van der Waals surface area contributed by atoms with E-state index in [-0.39, 0.29) is 31.1 Å². The molecule has 0 aliphatic heterocycles. The van der Waals surface area contributed by atoms with Crippen LogP contribution in [-0.2, 0) is 20.9 Å². The van der Waals surface area contributed by atoms with Gasteiger partial charge in [-0.25, -0.2) is 0 Å². The molecule has 0 spiro atoms. The molecule has 0 fully saturated rings. The maximum absolute atomic E-state index is 13.4. The quantitative estimate of drug-likeness (QED) is 0.261. The number of para-hydroxylation sites is 1. The average Bonchev–Trinajstić information content (AvgIpc) is 2.86. The Hall–Kier alpha value is -3.44. The van der Waals surface area contributed by atoms with E-state index in [1.54, 1.807) is 48.5 Å². The fraction of sp³-hybridized carbons (Fsp3) is 0.192. The van der Waals surface area contributed by atoms with Crippen molar-refractivity contribution in [2.45, 2.75) is 24.8 Å². The maximum atomic E-state index is 13.4. The van der Waals surface area contributed by atoms with Crippen molar-refractivity contribution in [2.24, 2.45) is 0 Å². The number of hydrogen-bond acceptors (Lipinski definition) is 4. The van der Waals surface area contributed by atoms with Crippen LogP contribution in [0.25, 0.3) is 0 Å². The summed E-state index contributed by atoms with van der Waals surface area (Å²) >= 11 is 6.41. The van der Waals surface area contributed by atoms with Gasteiger partial charge in [-0.15, -0.1) is 11.6 Å². The van der Waals surface area contributed by atoms with Crippen LogP contribution in [0, 0.1) is 0 Å². The van der Waals surface area contributed by atoms with Crippen molar-refractivity contribution < 1.29 is 19.1 Å². The van der Waals surface area contributed by atoms with Gasteiger partial charge in [0.1, 0.15) is 5.38 Å². The highest BCUT2D eigenvalue weighted by atomic mass is 35.5. The number of hydrogen-bond donors (Lipinski definition) is 0. The minimum atomic E-state index is -0.947. The highest BCUT2D eigenvalue weighted by Gasteiger charge is 2.28. The fourth-order valence-corrected chi connectivity index (χ4v) is 3.56. The molecule has 3 aromatic carbocycles. The van der Waals surface area contributed by atoms with E-state index in [0.717, 1.165) is 5.56 Å². The largest absolute Gasteiger partial charge is 0.469 e. The molecule has 1 atom stereocenters. The van der Waals surface area contributed by atoms with Gasteiger partial charge in [0, 0.05) is 17.5 Å². The molecule has 0 heterocycles. The van der Waals surface area contributed by atoms with Crippen LogP contribution < -0.4 is 4.90 Å². The number of carbonyl (C=O) groups excluding carboxylic acids is 3. The monoisotopic (exact) mass is 449 g/mol. The molecular formula is C26H24ClNO4. The number of ether oxygens (including phenoxy) is 1. The van der Waals surface area contributed by atoms with E-state index in [1.165, 1.54) is 12.0 Å². The van der Waals surface area contributed by atoms with Gasteiger partial charge in [-0.1, -0.05) is 72.8 Å². The Morgan fingerprint density at radius 3 is 2.12 bits per heavy atom. The van der Waals surface area contributed by atoms with Gasteiger partial charge in [0.05, 0.1) is 19.3 Å². The standard InChI is InChI=1S/C26H24ClNO4/c1-32-24(29)17-16-22(27)26(31)28(18-19-10-4-2-5-11-19)23-15-9-8-14-21(23)25(30)20-12-6-3-7-13-20/h2-15,22H,16-18H2,1H3. The highest BCUT2D eigenvalue weighted by molar-refractivity contribution is 6.33. The topological polar surface area (TPSA) is 63.7 Å². The number of esters is 1. The third-order valence-corrected chi connectivity index (χ3v) is 5.43. The van der Waals surface area contributed by atoms with Crippen LogP contribution in [0.15, 0.2) is 84.9 Å². The SMILES string of the molecule is COC(=O)CCC(Cl)C(=O)N(Cc1ccccc1)c1ccccc1C(=O)c1ccccc1. The van der Waals surface area contributed by atoms with Gasteiger partial charge in [-0.2, -0.15) is 0 Å². The van der Waals surface area contributed by atoms with Crippen LogP contribution >= 0.6 is 11.6 Å². The van der Waals surface area contributed by atoms with E-state index in [4.69, 9.17) is 11.6 Å². The van der Waals surface area contributed by atoms with Crippen LogP contribution in [-0.4, -0.2) is 30.1 Å². The van der Waals surface area contributed by atoms with Gasteiger partial charge in [0.2, 0.25) is 5.91 Å². The van der Waals surface area contributed by atoms with Gasteiger partial charge in [0.15, 0.2) is 5.78 Å². The van der Waals surface area contributed by atoms with Crippen molar-refractivity contribution in [3.05, 3.63) is 102 Å². The molecule has 164 valence electrons. The lowest BCUT2D eigenvalue weighted by Crippen LogP contribution is -2.37. The Labute approximate surface area is 192 Å². The number of nitrogens with zero attached hydrogens (tertiary/aromatic N) is 1. The predicted octanol–water partition coefficient (Wildman–Crippen LogP) is 5.01. The molecule has 3 aromatic rings. The lowest BCUT2D eigenvalue weighted by molar-refractivity contribution is -0.140. The van der Waals surface area contributed by atoms with Crippen LogP contribution in [0.3, 0.4) is 0 Å². The average molecular weight is 450 g/mol. The summed E-state index contributed by atoms with van der Waals surface area (Å²) in [5, 5.41) is -0.947. The third-order valence-electron chi connectivity index (χ3n) is 5.02. The number of ketones is 1. The Balaban J connectivity index is 1.97. The smallest absolute Gasteiger partial charge is 0.305 e. The molecule has 0 aliphatic carbocycles. The van der Waals surface area contributed by atoms with Gasteiger partial charge in [-0.3, -0.25) is 14.4 Å². The first-order valence-electron chi connectivity index (χ1n) is 10.3. The van der Waals surface area contributed by atoms with Gasteiger partial charge in [0.25, 0.3) is 0 Å². The number of carbonyl (C=O) groups is 3.